The SMILES string of the molecule is Cc1ccc(NC(=O)CNC(=O)c2cc(Br)nn2-c2ncccc2Cl)cc1C. The number of anilines is 1. The van der Waals surface area contributed by atoms with Gasteiger partial charge in [-0.05, 0) is 65.2 Å². The van der Waals surface area contributed by atoms with E-state index in [1.54, 1.807) is 18.3 Å². The lowest BCUT2D eigenvalue weighted by Gasteiger charge is -2.10. The third kappa shape index (κ3) is 4.58. The topological polar surface area (TPSA) is 88.9 Å². The van der Waals surface area contributed by atoms with Gasteiger partial charge in [-0.2, -0.15) is 5.10 Å². The van der Waals surface area contributed by atoms with Crippen LogP contribution in [0.1, 0.15) is 21.6 Å². The molecule has 1 aromatic carbocycles. The Balaban J connectivity index is 1.69. The molecule has 2 amide bonds. The molecule has 0 unspecified atom stereocenters. The summed E-state index contributed by atoms with van der Waals surface area (Å²) in [6.07, 6.45) is 1.55. The highest BCUT2D eigenvalue weighted by Crippen LogP contribution is 2.21. The Labute approximate surface area is 175 Å². The van der Waals surface area contributed by atoms with Crippen molar-refractivity contribution in [3.8, 4) is 5.82 Å². The molecule has 0 radical (unpaired) electrons. The summed E-state index contributed by atoms with van der Waals surface area (Å²) >= 11 is 9.40. The molecule has 3 aromatic rings. The number of hydrogen-bond donors (Lipinski definition) is 2. The summed E-state index contributed by atoms with van der Waals surface area (Å²) in [5.41, 5.74) is 3.09. The number of rotatable bonds is 5. The van der Waals surface area contributed by atoms with Crippen molar-refractivity contribution in [1.82, 2.24) is 20.1 Å². The van der Waals surface area contributed by atoms with Crippen LogP contribution in [-0.2, 0) is 4.79 Å². The molecular weight excluding hydrogens is 446 g/mol. The summed E-state index contributed by atoms with van der Waals surface area (Å²) < 4.78 is 1.77. The number of carbonyl (C=O) groups excluding carboxylic acids is 2. The molecule has 2 heterocycles. The molecule has 9 heteroatoms. The smallest absolute Gasteiger partial charge is 0.270 e. The van der Waals surface area contributed by atoms with Crippen molar-refractivity contribution in [2.45, 2.75) is 13.8 Å². The lowest BCUT2D eigenvalue weighted by Crippen LogP contribution is -2.34. The number of nitrogens with zero attached hydrogens (tertiary/aromatic N) is 3. The lowest BCUT2D eigenvalue weighted by molar-refractivity contribution is -0.115. The monoisotopic (exact) mass is 461 g/mol. The third-order valence-electron chi connectivity index (χ3n) is 4.05. The van der Waals surface area contributed by atoms with Gasteiger partial charge < -0.3 is 10.6 Å². The van der Waals surface area contributed by atoms with Gasteiger partial charge in [0, 0.05) is 18.0 Å². The zero-order valence-electron chi connectivity index (χ0n) is 15.2. The third-order valence-corrected chi connectivity index (χ3v) is 4.73. The number of halogens is 2. The van der Waals surface area contributed by atoms with Crippen LogP contribution >= 0.6 is 27.5 Å². The fourth-order valence-corrected chi connectivity index (χ4v) is 3.06. The van der Waals surface area contributed by atoms with Crippen LogP contribution in [0, 0.1) is 13.8 Å². The molecule has 0 saturated heterocycles. The standard InChI is InChI=1S/C19H17BrClN5O2/c1-11-5-6-13(8-12(11)2)24-17(27)10-23-19(28)15-9-16(20)25-26(15)18-14(21)4-3-7-22-18/h3-9H,10H2,1-2H3,(H,23,28)(H,24,27). The first-order valence-electron chi connectivity index (χ1n) is 8.37. The van der Waals surface area contributed by atoms with Gasteiger partial charge in [0.2, 0.25) is 5.91 Å². The molecule has 28 heavy (non-hydrogen) atoms. The molecule has 2 aromatic heterocycles. The number of hydrogen-bond acceptors (Lipinski definition) is 4. The Bertz CT molecular complexity index is 1050. The maximum absolute atomic E-state index is 12.6. The highest BCUT2D eigenvalue weighted by molar-refractivity contribution is 9.10. The fraction of sp³-hybridized carbons (Fsp3) is 0.158. The minimum absolute atomic E-state index is 0.190. The van der Waals surface area contributed by atoms with E-state index in [1.807, 2.05) is 32.0 Å². The fourth-order valence-electron chi connectivity index (χ4n) is 2.48. The largest absolute Gasteiger partial charge is 0.342 e. The molecule has 0 atom stereocenters. The number of aromatic nitrogens is 3. The second kappa shape index (κ2) is 8.53. The number of amides is 2. The van der Waals surface area contributed by atoms with E-state index < -0.39 is 5.91 Å². The molecule has 144 valence electrons. The summed E-state index contributed by atoms with van der Waals surface area (Å²) in [5, 5.41) is 9.89. The molecule has 0 aliphatic carbocycles. The molecule has 0 saturated carbocycles. The molecule has 0 aliphatic rings. The molecule has 0 aliphatic heterocycles. The number of pyridine rings is 1. The Morgan fingerprint density at radius 3 is 2.68 bits per heavy atom. The number of nitrogens with one attached hydrogen (secondary N) is 2. The van der Waals surface area contributed by atoms with E-state index in [0.717, 1.165) is 11.1 Å². The molecule has 0 spiro atoms. The van der Waals surface area contributed by atoms with Gasteiger partial charge in [-0.15, -0.1) is 0 Å². The summed E-state index contributed by atoms with van der Waals surface area (Å²) in [6, 6.07) is 10.5. The summed E-state index contributed by atoms with van der Waals surface area (Å²) in [6.45, 7) is 3.77. The molecule has 7 nitrogen and oxygen atoms in total. The van der Waals surface area contributed by atoms with Crippen LogP contribution in [0.4, 0.5) is 5.69 Å². The van der Waals surface area contributed by atoms with E-state index in [9.17, 15) is 9.59 Å². The molecule has 0 bridgehead atoms. The molecule has 0 fully saturated rings. The Kier molecular flexibility index (Phi) is 6.11. The van der Waals surface area contributed by atoms with Gasteiger partial charge in [-0.1, -0.05) is 17.7 Å². The van der Waals surface area contributed by atoms with Crippen LogP contribution in [-0.4, -0.2) is 33.1 Å². The van der Waals surface area contributed by atoms with Crippen LogP contribution in [0.3, 0.4) is 0 Å². The molecular formula is C19H17BrClN5O2. The van der Waals surface area contributed by atoms with E-state index in [2.05, 4.69) is 36.6 Å². The summed E-state index contributed by atoms with van der Waals surface area (Å²) in [4.78, 5) is 28.9. The van der Waals surface area contributed by atoms with Crippen molar-refractivity contribution in [1.29, 1.82) is 0 Å². The average Bonchev–Trinajstić information content (AvgIpc) is 3.05. The second-order valence-electron chi connectivity index (χ2n) is 6.10. The van der Waals surface area contributed by atoms with E-state index in [0.29, 0.717) is 21.1 Å². The van der Waals surface area contributed by atoms with Gasteiger partial charge >= 0.3 is 0 Å². The molecule has 2 N–H and O–H groups in total. The molecule has 3 rings (SSSR count). The summed E-state index contributed by atoms with van der Waals surface area (Å²) in [7, 11) is 0. The van der Waals surface area contributed by atoms with Crippen LogP contribution in [0.25, 0.3) is 5.82 Å². The average molecular weight is 463 g/mol. The second-order valence-corrected chi connectivity index (χ2v) is 7.32. The van der Waals surface area contributed by atoms with Crippen LogP contribution in [0.2, 0.25) is 5.02 Å². The van der Waals surface area contributed by atoms with Gasteiger partial charge in [0.15, 0.2) is 5.82 Å². The first-order chi connectivity index (χ1) is 13.3. The number of aryl methyl sites for hydroxylation is 2. The van der Waals surface area contributed by atoms with Crippen LogP contribution < -0.4 is 10.6 Å². The minimum Gasteiger partial charge on any atom is -0.342 e. The predicted molar refractivity (Wildman–Crippen MR) is 111 cm³/mol. The van der Waals surface area contributed by atoms with Crippen molar-refractivity contribution in [2.24, 2.45) is 0 Å². The maximum Gasteiger partial charge on any atom is 0.270 e. The van der Waals surface area contributed by atoms with E-state index >= 15 is 0 Å². The summed E-state index contributed by atoms with van der Waals surface area (Å²) in [5.74, 6) is -0.493. The first kappa shape index (κ1) is 20.0. The van der Waals surface area contributed by atoms with E-state index in [4.69, 9.17) is 11.6 Å². The van der Waals surface area contributed by atoms with Gasteiger partial charge in [0.1, 0.15) is 10.3 Å². The quantitative estimate of drug-likeness (QED) is 0.605. The van der Waals surface area contributed by atoms with Crippen molar-refractivity contribution in [3.63, 3.8) is 0 Å². The normalized spacial score (nSPS) is 10.6. The van der Waals surface area contributed by atoms with Crippen molar-refractivity contribution >= 4 is 45.0 Å². The van der Waals surface area contributed by atoms with E-state index in [-0.39, 0.29) is 18.1 Å². The highest BCUT2D eigenvalue weighted by atomic mass is 79.9. The van der Waals surface area contributed by atoms with Gasteiger partial charge in [-0.25, -0.2) is 9.67 Å². The first-order valence-corrected chi connectivity index (χ1v) is 9.54. The Hall–Kier alpha value is -2.71. The van der Waals surface area contributed by atoms with Crippen molar-refractivity contribution < 1.29 is 9.59 Å². The highest BCUT2D eigenvalue weighted by Gasteiger charge is 2.19. The van der Waals surface area contributed by atoms with Crippen molar-refractivity contribution in [3.05, 3.63) is 69.0 Å². The zero-order valence-corrected chi connectivity index (χ0v) is 17.5. The minimum atomic E-state index is -0.477. The lowest BCUT2D eigenvalue weighted by atomic mass is 10.1. The Morgan fingerprint density at radius 2 is 1.96 bits per heavy atom. The van der Waals surface area contributed by atoms with Crippen LogP contribution in [0.5, 0.6) is 0 Å². The van der Waals surface area contributed by atoms with E-state index in [1.165, 1.54) is 10.7 Å². The number of carbonyl (C=O) groups is 2. The maximum atomic E-state index is 12.6. The zero-order chi connectivity index (χ0) is 20.3. The number of benzene rings is 1. The van der Waals surface area contributed by atoms with Gasteiger partial charge in [-0.3, -0.25) is 9.59 Å². The van der Waals surface area contributed by atoms with Gasteiger partial charge in [0.05, 0.1) is 11.6 Å². The van der Waals surface area contributed by atoms with Gasteiger partial charge in [0.25, 0.3) is 5.91 Å². The van der Waals surface area contributed by atoms with Crippen molar-refractivity contribution in [2.75, 3.05) is 11.9 Å². The Morgan fingerprint density at radius 1 is 1.18 bits per heavy atom. The predicted octanol–water partition coefficient (Wildman–Crippen LogP) is 3.67. The van der Waals surface area contributed by atoms with Crippen LogP contribution in [0.15, 0.2) is 47.2 Å².